The number of nitrogens with zero attached hydrogens (tertiary/aromatic N) is 1. The van der Waals surface area contributed by atoms with E-state index >= 15 is 0 Å². The molecule has 1 heterocycles. The minimum Gasteiger partial charge on any atom is -0.332 e. The van der Waals surface area contributed by atoms with E-state index in [-0.39, 0.29) is 5.82 Å². The first-order valence-corrected chi connectivity index (χ1v) is 7.09. The monoisotopic (exact) mass is 284 g/mol. The third-order valence-corrected chi connectivity index (χ3v) is 4.05. The van der Waals surface area contributed by atoms with Gasteiger partial charge in [0.2, 0.25) is 0 Å². The third kappa shape index (κ3) is 2.70. The van der Waals surface area contributed by atoms with E-state index in [9.17, 15) is 4.39 Å². The van der Waals surface area contributed by atoms with Gasteiger partial charge in [-0.25, -0.2) is 9.37 Å². The van der Waals surface area contributed by atoms with E-state index < -0.39 is 0 Å². The SMILES string of the molecule is Cc1nc(Nc2ccccc2)sc1-c1ccc(F)cc1. The average Bonchev–Trinajstić information content (AvgIpc) is 2.81. The van der Waals surface area contributed by atoms with Crippen LogP contribution in [0.1, 0.15) is 5.69 Å². The number of aryl methyl sites for hydroxylation is 1. The minimum atomic E-state index is -0.224. The Morgan fingerprint density at radius 1 is 1.00 bits per heavy atom. The summed E-state index contributed by atoms with van der Waals surface area (Å²) in [6.07, 6.45) is 0. The quantitative estimate of drug-likeness (QED) is 0.732. The van der Waals surface area contributed by atoms with Gasteiger partial charge in [-0.15, -0.1) is 0 Å². The van der Waals surface area contributed by atoms with Crippen molar-refractivity contribution in [3.8, 4) is 10.4 Å². The van der Waals surface area contributed by atoms with Gasteiger partial charge in [0.25, 0.3) is 0 Å². The molecule has 1 aromatic heterocycles. The van der Waals surface area contributed by atoms with Gasteiger partial charge in [0.15, 0.2) is 5.13 Å². The number of hydrogen-bond acceptors (Lipinski definition) is 3. The van der Waals surface area contributed by atoms with Gasteiger partial charge in [0, 0.05) is 5.69 Å². The largest absolute Gasteiger partial charge is 0.332 e. The van der Waals surface area contributed by atoms with Crippen LogP contribution in [-0.4, -0.2) is 4.98 Å². The Morgan fingerprint density at radius 3 is 2.40 bits per heavy atom. The lowest BCUT2D eigenvalue weighted by molar-refractivity contribution is 0.628. The maximum atomic E-state index is 13.0. The van der Waals surface area contributed by atoms with Crippen LogP contribution in [0.25, 0.3) is 10.4 Å². The van der Waals surface area contributed by atoms with Gasteiger partial charge in [-0.05, 0) is 36.8 Å². The van der Waals surface area contributed by atoms with Crippen LogP contribution in [0.2, 0.25) is 0 Å². The molecule has 0 bridgehead atoms. The van der Waals surface area contributed by atoms with Crippen molar-refractivity contribution in [2.75, 3.05) is 5.32 Å². The second-order valence-corrected chi connectivity index (χ2v) is 5.43. The number of aromatic nitrogens is 1. The van der Waals surface area contributed by atoms with Crippen LogP contribution >= 0.6 is 11.3 Å². The van der Waals surface area contributed by atoms with Gasteiger partial charge < -0.3 is 5.32 Å². The predicted molar refractivity (Wildman–Crippen MR) is 82.0 cm³/mol. The molecule has 0 fully saturated rings. The third-order valence-electron chi connectivity index (χ3n) is 2.93. The first-order chi connectivity index (χ1) is 9.72. The summed E-state index contributed by atoms with van der Waals surface area (Å²) in [5.41, 5.74) is 2.94. The first-order valence-electron chi connectivity index (χ1n) is 6.28. The van der Waals surface area contributed by atoms with Gasteiger partial charge in [0.1, 0.15) is 5.82 Å². The molecule has 0 radical (unpaired) electrons. The molecule has 0 saturated carbocycles. The highest BCUT2D eigenvalue weighted by Gasteiger charge is 2.09. The van der Waals surface area contributed by atoms with E-state index in [2.05, 4.69) is 10.3 Å². The Bertz CT molecular complexity index is 705. The topological polar surface area (TPSA) is 24.9 Å². The Balaban J connectivity index is 1.89. The number of benzene rings is 2. The van der Waals surface area contributed by atoms with E-state index in [0.29, 0.717) is 0 Å². The highest BCUT2D eigenvalue weighted by Crippen LogP contribution is 2.33. The van der Waals surface area contributed by atoms with Gasteiger partial charge in [-0.2, -0.15) is 0 Å². The molecule has 0 aliphatic rings. The maximum absolute atomic E-state index is 13.0. The fraction of sp³-hybridized carbons (Fsp3) is 0.0625. The van der Waals surface area contributed by atoms with E-state index in [1.54, 1.807) is 23.5 Å². The molecule has 3 aromatic rings. The van der Waals surface area contributed by atoms with Crippen LogP contribution in [0.5, 0.6) is 0 Å². The summed E-state index contributed by atoms with van der Waals surface area (Å²) in [5, 5.41) is 4.12. The number of halogens is 1. The Hall–Kier alpha value is -2.20. The van der Waals surface area contributed by atoms with E-state index in [1.807, 2.05) is 37.3 Å². The zero-order valence-electron chi connectivity index (χ0n) is 10.9. The van der Waals surface area contributed by atoms with Gasteiger partial charge in [-0.3, -0.25) is 0 Å². The van der Waals surface area contributed by atoms with Gasteiger partial charge in [-0.1, -0.05) is 41.7 Å². The summed E-state index contributed by atoms with van der Waals surface area (Å²) in [6.45, 7) is 1.96. The van der Waals surface area contributed by atoms with E-state index in [4.69, 9.17) is 0 Å². The standard InChI is InChI=1S/C16H13FN2S/c1-11-15(12-7-9-13(17)10-8-12)20-16(18-11)19-14-5-3-2-4-6-14/h2-10H,1H3,(H,18,19). The number of hydrogen-bond donors (Lipinski definition) is 1. The highest BCUT2D eigenvalue weighted by atomic mass is 32.1. The van der Waals surface area contributed by atoms with Crippen LogP contribution in [0.15, 0.2) is 54.6 Å². The van der Waals surface area contributed by atoms with Crippen molar-refractivity contribution in [3.05, 3.63) is 66.1 Å². The molecule has 1 N–H and O–H groups in total. The summed E-state index contributed by atoms with van der Waals surface area (Å²) in [7, 11) is 0. The fourth-order valence-corrected chi connectivity index (χ4v) is 2.96. The van der Waals surface area contributed by atoms with Gasteiger partial charge in [0.05, 0.1) is 10.6 Å². The molecule has 0 atom stereocenters. The fourth-order valence-electron chi connectivity index (χ4n) is 1.96. The minimum absolute atomic E-state index is 0.224. The first kappa shape index (κ1) is 12.8. The van der Waals surface area contributed by atoms with Crippen molar-refractivity contribution in [2.45, 2.75) is 6.92 Å². The molecule has 2 nitrogen and oxygen atoms in total. The zero-order valence-corrected chi connectivity index (χ0v) is 11.7. The molecule has 20 heavy (non-hydrogen) atoms. The lowest BCUT2D eigenvalue weighted by Gasteiger charge is -2.00. The summed E-state index contributed by atoms with van der Waals surface area (Å²) in [6, 6.07) is 16.4. The molecule has 2 aromatic carbocycles. The molecule has 0 unspecified atom stereocenters. The molecule has 0 saturated heterocycles. The van der Waals surface area contributed by atoms with Crippen molar-refractivity contribution in [3.63, 3.8) is 0 Å². The van der Waals surface area contributed by atoms with E-state index in [1.165, 1.54) is 12.1 Å². The summed E-state index contributed by atoms with van der Waals surface area (Å²) in [5.74, 6) is -0.224. The van der Waals surface area contributed by atoms with Crippen LogP contribution in [0, 0.1) is 12.7 Å². The molecule has 0 aliphatic carbocycles. The lowest BCUT2D eigenvalue weighted by atomic mass is 10.1. The van der Waals surface area contributed by atoms with Crippen LogP contribution < -0.4 is 5.32 Å². The number of rotatable bonds is 3. The van der Waals surface area contributed by atoms with Gasteiger partial charge >= 0.3 is 0 Å². The van der Waals surface area contributed by atoms with Crippen molar-refractivity contribution >= 4 is 22.2 Å². The smallest absolute Gasteiger partial charge is 0.187 e. The highest BCUT2D eigenvalue weighted by molar-refractivity contribution is 7.19. The van der Waals surface area contributed by atoms with Crippen molar-refractivity contribution in [1.29, 1.82) is 0 Å². The Kier molecular flexibility index (Phi) is 3.48. The average molecular weight is 284 g/mol. The molecule has 0 aliphatic heterocycles. The summed E-state index contributed by atoms with van der Waals surface area (Å²) >= 11 is 1.57. The summed E-state index contributed by atoms with van der Waals surface area (Å²) < 4.78 is 13.0. The van der Waals surface area contributed by atoms with Crippen LogP contribution in [-0.2, 0) is 0 Å². The second-order valence-electron chi connectivity index (χ2n) is 4.43. The molecule has 4 heteroatoms. The lowest BCUT2D eigenvalue weighted by Crippen LogP contribution is -1.88. The van der Waals surface area contributed by atoms with Crippen molar-refractivity contribution in [1.82, 2.24) is 4.98 Å². The second kappa shape index (κ2) is 5.43. The molecular formula is C16H13FN2S. The molecule has 3 rings (SSSR count). The zero-order chi connectivity index (χ0) is 13.9. The summed E-state index contributed by atoms with van der Waals surface area (Å²) in [4.78, 5) is 5.58. The van der Waals surface area contributed by atoms with Crippen molar-refractivity contribution in [2.24, 2.45) is 0 Å². The van der Waals surface area contributed by atoms with Crippen LogP contribution in [0.4, 0.5) is 15.2 Å². The number of para-hydroxylation sites is 1. The maximum Gasteiger partial charge on any atom is 0.187 e. The van der Waals surface area contributed by atoms with Crippen LogP contribution in [0.3, 0.4) is 0 Å². The number of anilines is 2. The molecule has 0 amide bonds. The number of thiazole rings is 1. The normalized spacial score (nSPS) is 10.5. The Labute approximate surface area is 120 Å². The van der Waals surface area contributed by atoms with E-state index in [0.717, 1.165) is 27.0 Å². The van der Waals surface area contributed by atoms with Crippen molar-refractivity contribution < 1.29 is 4.39 Å². The number of nitrogens with one attached hydrogen (secondary N) is 1. The molecule has 0 spiro atoms. The Morgan fingerprint density at radius 2 is 1.70 bits per heavy atom. The predicted octanol–water partition coefficient (Wildman–Crippen LogP) is 5.00. The molecular weight excluding hydrogens is 271 g/mol. The molecule has 100 valence electrons.